The smallest absolute Gasteiger partial charge is 0.286 e. The van der Waals surface area contributed by atoms with Crippen molar-refractivity contribution < 1.29 is 17.6 Å². The molecule has 2 heterocycles. The molecule has 0 aliphatic carbocycles. The Bertz CT molecular complexity index is 1130. The Kier molecular flexibility index (Phi) is 5.89. The van der Waals surface area contributed by atoms with E-state index >= 15 is 0 Å². The topological polar surface area (TPSA) is 92.3 Å². The number of rotatable bonds is 5. The Hall–Kier alpha value is -2.69. The van der Waals surface area contributed by atoms with E-state index in [-0.39, 0.29) is 15.8 Å². The van der Waals surface area contributed by atoms with Gasteiger partial charge >= 0.3 is 0 Å². The van der Waals surface area contributed by atoms with Gasteiger partial charge in [-0.2, -0.15) is 4.31 Å². The molecule has 1 aliphatic rings. The summed E-state index contributed by atoms with van der Waals surface area (Å²) < 4.78 is 40.3. The van der Waals surface area contributed by atoms with E-state index in [0.29, 0.717) is 30.2 Å². The summed E-state index contributed by atoms with van der Waals surface area (Å²) in [6.45, 7) is 0.746. The van der Waals surface area contributed by atoms with Crippen molar-refractivity contribution in [1.29, 1.82) is 0 Å². The Morgan fingerprint density at radius 1 is 1.10 bits per heavy atom. The van der Waals surface area contributed by atoms with E-state index in [0.717, 1.165) is 17.8 Å². The average Bonchev–Trinajstić information content (AvgIpc) is 3.27. The summed E-state index contributed by atoms with van der Waals surface area (Å²) in [6.07, 6.45) is 1.47. The van der Waals surface area contributed by atoms with Crippen LogP contribution in [0.2, 0.25) is 0 Å². The second-order valence-electron chi connectivity index (χ2n) is 6.92. The maximum Gasteiger partial charge on any atom is 0.286 e. The van der Waals surface area contributed by atoms with Crippen LogP contribution in [-0.2, 0) is 10.0 Å². The number of aromatic nitrogens is 2. The number of piperidine rings is 1. The summed E-state index contributed by atoms with van der Waals surface area (Å²) in [5, 5.41) is 11.6. The predicted octanol–water partition coefficient (Wildman–Crippen LogP) is 3.50. The van der Waals surface area contributed by atoms with Gasteiger partial charge < -0.3 is 5.32 Å². The molecule has 1 fully saturated rings. The fourth-order valence-electron chi connectivity index (χ4n) is 3.31. The summed E-state index contributed by atoms with van der Waals surface area (Å²) in [4.78, 5) is 12.7. The maximum atomic E-state index is 13.0. The Balaban J connectivity index is 1.46. The highest BCUT2D eigenvalue weighted by Gasteiger charge is 2.32. The number of nitrogens with one attached hydrogen (secondary N) is 1. The number of sulfonamides is 1. The summed E-state index contributed by atoms with van der Waals surface area (Å²) in [5.74, 6) is -0.949. The SMILES string of the molecule is O=C(Nc1ccc(F)cc1)c1nnc(C2CCCN(S(=O)(=O)c3ccccc3)C2)s1. The third-order valence-electron chi connectivity index (χ3n) is 4.85. The molecule has 1 amide bonds. The fraction of sp³-hybridized carbons (Fsp3) is 0.250. The van der Waals surface area contributed by atoms with E-state index in [2.05, 4.69) is 15.5 Å². The molecule has 7 nitrogen and oxygen atoms in total. The highest BCUT2D eigenvalue weighted by Crippen LogP contribution is 2.32. The summed E-state index contributed by atoms with van der Waals surface area (Å²) in [7, 11) is -3.58. The van der Waals surface area contributed by atoms with Gasteiger partial charge in [0.1, 0.15) is 10.8 Å². The van der Waals surface area contributed by atoms with Crippen molar-refractivity contribution in [3.8, 4) is 0 Å². The minimum Gasteiger partial charge on any atom is -0.320 e. The van der Waals surface area contributed by atoms with Gasteiger partial charge in [0.2, 0.25) is 15.0 Å². The zero-order valence-electron chi connectivity index (χ0n) is 15.9. The fourth-order valence-corrected chi connectivity index (χ4v) is 5.72. The van der Waals surface area contributed by atoms with E-state index in [9.17, 15) is 17.6 Å². The number of nitrogens with zero attached hydrogens (tertiary/aromatic N) is 3. The highest BCUT2D eigenvalue weighted by molar-refractivity contribution is 7.89. The van der Waals surface area contributed by atoms with Gasteiger partial charge in [0.25, 0.3) is 5.91 Å². The lowest BCUT2D eigenvalue weighted by Crippen LogP contribution is -2.39. The van der Waals surface area contributed by atoms with E-state index in [1.807, 2.05) is 0 Å². The molecular weight excluding hydrogens is 427 g/mol. The first-order valence-corrected chi connectivity index (χ1v) is 11.6. The normalized spacial score (nSPS) is 17.6. The molecule has 2 aromatic carbocycles. The summed E-state index contributed by atoms with van der Waals surface area (Å²) in [5.41, 5.74) is 0.455. The molecule has 0 bridgehead atoms. The predicted molar refractivity (Wildman–Crippen MR) is 111 cm³/mol. The van der Waals surface area contributed by atoms with Crippen LogP contribution < -0.4 is 5.32 Å². The van der Waals surface area contributed by atoms with Crippen molar-refractivity contribution in [1.82, 2.24) is 14.5 Å². The molecule has 0 radical (unpaired) electrons. The molecule has 1 aromatic heterocycles. The standard InChI is InChI=1S/C20H19FN4O3S2/c21-15-8-10-16(11-9-15)22-18(26)20-24-23-19(29-20)14-5-4-12-25(13-14)30(27,28)17-6-2-1-3-7-17/h1-3,6-11,14H,4-5,12-13H2,(H,22,26). The molecule has 3 aromatic rings. The molecule has 0 spiro atoms. The van der Waals surface area contributed by atoms with Crippen LogP contribution in [0.5, 0.6) is 0 Å². The third kappa shape index (κ3) is 4.40. The molecule has 10 heteroatoms. The lowest BCUT2D eigenvalue weighted by molar-refractivity contribution is 0.102. The molecule has 4 rings (SSSR count). The van der Waals surface area contributed by atoms with Crippen LogP contribution >= 0.6 is 11.3 Å². The van der Waals surface area contributed by atoms with Crippen molar-refractivity contribution in [2.45, 2.75) is 23.7 Å². The molecule has 1 aliphatic heterocycles. The van der Waals surface area contributed by atoms with Crippen molar-refractivity contribution in [3.63, 3.8) is 0 Å². The van der Waals surface area contributed by atoms with Gasteiger partial charge in [-0.25, -0.2) is 12.8 Å². The van der Waals surface area contributed by atoms with E-state index in [4.69, 9.17) is 0 Å². The number of anilines is 1. The molecule has 0 saturated carbocycles. The average molecular weight is 447 g/mol. The van der Waals surface area contributed by atoms with Gasteiger partial charge in [0.15, 0.2) is 0 Å². The number of carbonyl (C=O) groups is 1. The monoisotopic (exact) mass is 446 g/mol. The Morgan fingerprint density at radius 3 is 2.57 bits per heavy atom. The first-order chi connectivity index (χ1) is 14.4. The van der Waals surface area contributed by atoms with E-state index in [1.54, 1.807) is 30.3 Å². The minimum atomic E-state index is -3.58. The van der Waals surface area contributed by atoms with Crippen molar-refractivity contribution in [2.24, 2.45) is 0 Å². The number of carbonyl (C=O) groups excluding carboxylic acids is 1. The van der Waals surface area contributed by atoms with Crippen molar-refractivity contribution in [3.05, 3.63) is 70.4 Å². The Morgan fingerprint density at radius 2 is 1.83 bits per heavy atom. The minimum absolute atomic E-state index is 0.123. The zero-order valence-corrected chi connectivity index (χ0v) is 17.5. The van der Waals surface area contributed by atoms with Gasteiger partial charge in [-0.15, -0.1) is 10.2 Å². The van der Waals surface area contributed by atoms with Crippen LogP contribution in [0.15, 0.2) is 59.5 Å². The molecule has 1 atom stereocenters. The maximum absolute atomic E-state index is 13.0. The number of halogens is 1. The van der Waals surface area contributed by atoms with Crippen LogP contribution in [0.25, 0.3) is 0 Å². The number of amides is 1. The van der Waals surface area contributed by atoms with Gasteiger partial charge in [-0.05, 0) is 49.2 Å². The van der Waals surface area contributed by atoms with Gasteiger partial charge in [-0.3, -0.25) is 4.79 Å². The van der Waals surface area contributed by atoms with Crippen LogP contribution in [0.3, 0.4) is 0 Å². The van der Waals surface area contributed by atoms with Crippen LogP contribution in [0, 0.1) is 5.82 Å². The molecule has 30 heavy (non-hydrogen) atoms. The number of hydrogen-bond donors (Lipinski definition) is 1. The second-order valence-corrected chi connectivity index (χ2v) is 9.87. The molecule has 1 saturated heterocycles. The summed E-state index contributed by atoms with van der Waals surface area (Å²) in [6, 6.07) is 13.8. The molecule has 1 unspecified atom stereocenters. The first kappa shape index (κ1) is 20.6. The van der Waals surface area contributed by atoms with Gasteiger partial charge in [-0.1, -0.05) is 29.5 Å². The first-order valence-electron chi connectivity index (χ1n) is 9.39. The second kappa shape index (κ2) is 8.58. The van der Waals surface area contributed by atoms with E-state index in [1.165, 1.54) is 28.6 Å². The Labute approximate surface area is 177 Å². The lowest BCUT2D eigenvalue weighted by atomic mass is 10.0. The summed E-state index contributed by atoms with van der Waals surface area (Å²) >= 11 is 1.15. The van der Waals surface area contributed by atoms with Crippen LogP contribution in [0.4, 0.5) is 10.1 Å². The molecule has 1 N–H and O–H groups in total. The van der Waals surface area contributed by atoms with Gasteiger partial charge in [0.05, 0.1) is 4.90 Å². The number of benzene rings is 2. The highest BCUT2D eigenvalue weighted by atomic mass is 32.2. The lowest BCUT2D eigenvalue weighted by Gasteiger charge is -2.30. The zero-order chi connectivity index (χ0) is 21.1. The molecular formula is C20H19FN4O3S2. The van der Waals surface area contributed by atoms with Crippen molar-refractivity contribution in [2.75, 3.05) is 18.4 Å². The molecule has 156 valence electrons. The van der Waals surface area contributed by atoms with Crippen molar-refractivity contribution >= 4 is 33.0 Å². The quantitative estimate of drug-likeness (QED) is 0.648. The van der Waals surface area contributed by atoms with Crippen LogP contribution in [0.1, 0.15) is 33.6 Å². The van der Waals surface area contributed by atoms with Crippen LogP contribution in [-0.4, -0.2) is 41.9 Å². The largest absolute Gasteiger partial charge is 0.320 e. The third-order valence-corrected chi connectivity index (χ3v) is 7.82. The number of hydrogen-bond acceptors (Lipinski definition) is 6. The van der Waals surface area contributed by atoms with Gasteiger partial charge in [0, 0.05) is 24.7 Å². The van der Waals surface area contributed by atoms with E-state index < -0.39 is 21.7 Å².